The van der Waals surface area contributed by atoms with Gasteiger partial charge >= 0.3 is 0 Å². The van der Waals surface area contributed by atoms with Crippen molar-refractivity contribution in [3.8, 4) is 11.3 Å². The van der Waals surface area contributed by atoms with Crippen molar-refractivity contribution in [1.82, 2.24) is 35.2 Å². The quantitative estimate of drug-likeness (QED) is 0.261. The monoisotopic (exact) mass is 597 g/mol. The summed E-state index contributed by atoms with van der Waals surface area (Å²) in [6, 6.07) is 6.39. The number of hydrogen-bond acceptors (Lipinski definition) is 8. The Labute approximate surface area is 252 Å². The molecule has 2 aliphatic rings. The molecule has 3 aromatic rings. The van der Waals surface area contributed by atoms with Gasteiger partial charge in [0.1, 0.15) is 12.1 Å². The molecule has 2 aromatic heterocycles. The smallest absolute Gasteiger partial charge is 0.262 e. The van der Waals surface area contributed by atoms with Gasteiger partial charge in [0.2, 0.25) is 23.6 Å². The van der Waals surface area contributed by atoms with Gasteiger partial charge in [-0.25, -0.2) is 0 Å². The molecule has 2 aliphatic heterocycles. The number of pyridine rings is 1. The van der Waals surface area contributed by atoms with Gasteiger partial charge in [0.15, 0.2) is 0 Å². The molecule has 1 aromatic carbocycles. The summed E-state index contributed by atoms with van der Waals surface area (Å²) in [7, 11) is 3.22. The van der Waals surface area contributed by atoms with Gasteiger partial charge in [-0.05, 0) is 55.2 Å². The van der Waals surface area contributed by atoms with Crippen molar-refractivity contribution in [2.24, 2.45) is 7.05 Å². The number of fused-ring (bicyclic) bond motifs is 1. The maximum Gasteiger partial charge on any atom is 0.262 e. The Morgan fingerprint density at radius 1 is 1.18 bits per heavy atom. The number of benzene rings is 1. The number of hydrogen-bond donors (Lipinski definition) is 2. The van der Waals surface area contributed by atoms with Crippen LogP contribution in [0.1, 0.15) is 57.1 Å². The summed E-state index contributed by atoms with van der Waals surface area (Å²) in [4.78, 5) is 83.1. The summed E-state index contributed by atoms with van der Waals surface area (Å²) in [5.41, 5.74) is 2.81. The standard InChI is InChI=1S/C31H31N7O6/c1-4-25(40)37(27(29(42)32-2)22-17-36(3)35-26(22)19-8-5-13-33-16-19)14-6-7-18-9-10-20-21(15-18)31(44)38(30(20)43)23-11-12-24(39)34-28(23)41/h4-5,8-10,13,15-17,23,27H,1,6-7,11-12,14H2,2-3H3,(H,32,42)(H,34,39,41). The second-order valence-corrected chi connectivity index (χ2v) is 10.5. The van der Waals surface area contributed by atoms with Crippen molar-refractivity contribution >= 4 is 35.4 Å². The number of imide groups is 2. The van der Waals surface area contributed by atoms with Crippen LogP contribution in [0.5, 0.6) is 0 Å². The number of nitrogens with one attached hydrogen (secondary N) is 2. The average molecular weight is 598 g/mol. The van der Waals surface area contributed by atoms with Gasteiger partial charge in [-0.3, -0.25) is 48.6 Å². The van der Waals surface area contributed by atoms with Gasteiger partial charge in [-0.1, -0.05) is 12.6 Å². The fourth-order valence-corrected chi connectivity index (χ4v) is 5.63. The molecule has 13 nitrogen and oxygen atoms in total. The van der Waals surface area contributed by atoms with Gasteiger partial charge in [-0.2, -0.15) is 5.10 Å². The zero-order valence-electron chi connectivity index (χ0n) is 24.3. The summed E-state index contributed by atoms with van der Waals surface area (Å²) in [6.45, 7) is 3.79. The lowest BCUT2D eigenvalue weighted by atomic mass is 9.99. The second-order valence-electron chi connectivity index (χ2n) is 10.5. The van der Waals surface area contributed by atoms with E-state index in [0.717, 1.165) is 16.5 Å². The number of likely N-dealkylation sites (N-methyl/N-ethyl adjacent to an activating group) is 1. The highest BCUT2D eigenvalue weighted by molar-refractivity contribution is 6.23. The van der Waals surface area contributed by atoms with Crippen molar-refractivity contribution in [3.05, 3.63) is 83.8 Å². The number of rotatable bonds is 10. The number of nitrogens with zero attached hydrogens (tertiary/aromatic N) is 5. The van der Waals surface area contributed by atoms with Crippen LogP contribution in [0, 0.1) is 0 Å². The molecule has 2 atom stereocenters. The minimum Gasteiger partial charge on any atom is -0.357 e. The summed E-state index contributed by atoms with van der Waals surface area (Å²) in [6.07, 6.45) is 7.04. The second kappa shape index (κ2) is 12.4. The van der Waals surface area contributed by atoms with Crippen LogP contribution < -0.4 is 10.6 Å². The zero-order valence-corrected chi connectivity index (χ0v) is 24.3. The van der Waals surface area contributed by atoms with E-state index in [-0.39, 0.29) is 30.5 Å². The number of amides is 6. The van der Waals surface area contributed by atoms with Crippen LogP contribution >= 0.6 is 0 Å². The molecule has 44 heavy (non-hydrogen) atoms. The molecule has 1 fully saturated rings. The van der Waals surface area contributed by atoms with Crippen LogP contribution in [0.2, 0.25) is 0 Å². The maximum absolute atomic E-state index is 13.3. The molecule has 6 amide bonds. The Morgan fingerprint density at radius 2 is 1.95 bits per heavy atom. The first kappa shape index (κ1) is 30.0. The molecular formula is C31H31N7O6. The Bertz CT molecular complexity index is 1680. The number of aromatic nitrogens is 3. The van der Waals surface area contributed by atoms with Gasteiger partial charge in [-0.15, -0.1) is 0 Å². The predicted octanol–water partition coefficient (Wildman–Crippen LogP) is 1.32. The number of carbonyl (C=O) groups is 6. The fraction of sp³-hybridized carbons (Fsp3) is 0.290. The number of aryl methyl sites for hydroxylation is 2. The van der Waals surface area contributed by atoms with Crippen molar-refractivity contribution in [1.29, 1.82) is 0 Å². The molecule has 0 spiro atoms. The van der Waals surface area contributed by atoms with Crippen LogP contribution in [0.25, 0.3) is 11.3 Å². The first-order valence-corrected chi connectivity index (χ1v) is 14.1. The van der Waals surface area contributed by atoms with Crippen LogP contribution in [0.3, 0.4) is 0 Å². The SMILES string of the molecule is C=CC(=O)N(CCCc1ccc2c(c1)C(=O)N(C1CCC(=O)NC1=O)C2=O)C(C(=O)NC)c1cn(C)nc1-c1cccnc1. The molecule has 0 bridgehead atoms. The van der Waals surface area contributed by atoms with E-state index in [2.05, 4.69) is 27.3 Å². The van der Waals surface area contributed by atoms with E-state index in [9.17, 15) is 28.8 Å². The van der Waals surface area contributed by atoms with Gasteiger partial charge in [0, 0.05) is 56.8 Å². The molecule has 0 saturated carbocycles. The minimum atomic E-state index is -1.05. The average Bonchev–Trinajstić information content (AvgIpc) is 3.52. The van der Waals surface area contributed by atoms with Crippen LogP contribution in [0.4, 0.5) is 0 Å². The van der Waals surface area contributed by atoms with Crippen molar-refractivity contribution < 1.29 is 28.8 Å². The molecule has 2 unspecified atom stereocenters. The summed E-state index contributed by atoms with van der Waals surface area (Å²) in [5, 5.41) is 9.37. The highest BCUT2D eigenvalue weighted by atomic mass is 16.2. The minimum absolute atomic E-state index is 0.0365. The van der Waals surface area contributed by atoms with E-state index in [4.69, 9.17) is 0 Å². The van der Waals surface area contributed by atoms with E-state index in [1.807, 2.05) is 6.07 Å². The summed E-state index contributed by atoms with van der Waals surface area (Å²) < 4.78 is 1.57. The highest BCUT2D eigenvalue weighted by Crippen LogP contribution is 2.32. The normalized spacial score (nSPS) is 16.8. The summed E-state index contributed by atoms with van der Waals surface area (Å²) >= 11 is 0. The summed E-state index contributed by atoms with van der Waals surface area (Å²) in [5.74, 6) is -3.15. The molecule has 2 N–H and O–H groups in total. The van der Waals surface area contributed by atoms with E-state index in [1.165, 1.54) is 11.9 Å². The van der Waals surface area contributed by atoms with Gasteiger partial charge in [0.25, 0.3) is 11.8 Å². The predicted molar refractivity (Wildman–Crippen MR) is 157 cm³/mol. The van der Waals surface area contributed by atoms with E-state index >= 15 is 0 Å². The third-order valence-corrected chi connectivity index (χ3v) is 7.72. The molecule has 0 aliphatic carbocycles. The van der Waals surface area contributed by atoms with E-state index in [0.29, 0.717) is 29.7 Å². The third-order valence-electron chi connectivity index (χ3n) is 7.72. The maximum atomic E-state index is 13.3. The van der Waals surface area contributed by atoms with Crippen LogP contribution in [-0.2, 0) is 32.6 Å². The van der Waals surface area contributed by atoms with Crippen LogP contribution in [0.15, 0.2) is 61.6 Å². The Morgan fingerprint density at radius 3 is 2.64 bits per heavy atom. The zero-order chi connectivity index (χ0) is 31.5. The molecular weight excluding hydrogens is 566 g/mol. The topological polar surface area (TPSA) is 164 Å². The lowest BCUT2D eigenvalue weighted by Gasteiger charge is -2.30. The molecule has 226 valence electrons. The van der Waals surface area contributed by atoms with Gasteiger partial charge in [0.05, 0.1) is 16.8 Å². The number of piperidine rings is 1. The fourth-order valence-electron chi connectivity index (χ4n) is 5.63. The first-order chi connectivity index (χ1) is 21.1. The van der Waals surface area contributed by atoms with E-state index in [1.54, 1.807) is 54.6 Å². The largest absolute Gasteiger partial charge is 0.357 e. The Kier molecular flexibility index (Phi) is 8.47. The number of carbonyl (C=O) groups excluding carboxylic acids is 6. The lowest BCUT2D eigenvalue weighted by Crippen LogP contribution is -2.54. The van der Waals surface area contributed by atoms with Crippen LogP contribution in [-0.4, -0.2) is 79.6 Å². The third kappa shape index (κ3) is 5.63. The Balaban J connectivity index is 1.36. The molecule has 1 saturated heterocycles. The molecule has 4 heterocycles. The Hall–Kier alpha value is -5.46. The first-order valence-electron chi connectivity index (χ1n) is 14.1. The molecule has 0 radical (unpaired) electrons. The van der Waals surface area contributed by atoms with Gasteiger partial charge < -0.3 is 10.2 Å². The highest BCUT2D eigenvalue weighted by Gasteiger charge is 2.44. The molecule has 13 heteroatoms. The van der Waals surface area contributed by atoms with Crippen molar-refractivity contribution in [3.63, 3.8) is 0 Å². The van der Waals surface area contributed by atoms with E-state index < -0.39 is 47.5 Å². The van der Waals surface area contributed by atoms with Crippen molar-refractivity contribution in [2.45, 2.75) is 37.8 Å². The molecule has 5 rings (SSSR count). The van der Waals surface area contributed by atoms with Crippen molar-refractivity contribution in [2.75, 3.05) is 13.6 Å². The lowest BCUT2D eigenvalue weighted by molar-refractivity contribution is -0.137.